The molecule has 1 unspecified atom stereocenters. The lowest BCUT2D eigenvalue weighted by Gasteiger charge is -2.24. The Kier molecular flexibility index (Phi) is 7.65. The van der Waals surface area contributed by atoms with Crippen LogP contribution >= 0.6 is 24.0 Å². The van der Waals surface area contributed by atoms with Gasteiger partial charge in [0.2, 0.25) is 0 Å². The van der Waals surface area contributed by atoms with E-state index < -0.39 is 0 Å². The summed E-state index contributed by atoms with van der Waals surface area (Å²) in [6, 6.07) is 9.87. The van der Waals surface area contributed by atoms with Crippen LogP contribution in [-0.2, 0) is 0 Å². The number of hydrogen-bond acceptors (Lipinski definition) is 5. The first kappa shape index (κ1) is 21.8. The average Bonchev–Trinajstić information content (AvgIpc) is 3.30. The third-order valence-electron chi connectivity index (χ3n) is 5.13. The van der Waals surface area contributed by atoms with E-state index in [1.54, 1.807) is 0 Å². The number of furan rings is 1. The fourth-order valence-electron chi connectivity index (χ4n) is 3.68. The van der Waals surface area contributed by atoms with E-state index in [9.17, 15) is 0 Å². The van der Waals surface area contributed by atoms with E-state index in [4.69, 9.17) is 19.6 Å². The van der Waals surface area contributed by atoms with Crippen molar-refractivity contribution in [3.63, 3.8) is 0 Å². The van der Waals surface area contributed by atoms with Crippen LogP contribution in [-0.4, -0.2) is 43.7 Å². The van der Waals surface area contributed by atoms with Gasteiger partial charge < -0.3 is 24.9 Å². The Labute approximate surface area is 188 Å². The molecule has 2 aromatic rings. The van der Waals surface area contributed by atoms with E-state index >= 15 is 0 Å². The van der Waals surface area contributed by atoms with Gasteiger partial charge in [-0.2, -0.15) is 0 Å². The van der Waals surface area contributed by atoms with Crippen molar-refractivity contribution in [2.24, 2.45) is 10.7 Å². The molecule has 158 valence electrons. The van der Waals surface area contributed by atoms with Crippen LogP contribution in [0.25, 0.3) is 0 Å². The molecular formula is C21H29IN4O3. The van der Waals surface area contributed by atoms with Crippen molar-refractivity contribution in [1.29, 1.82) is 0 Å². The number of ether oxygens (including phenoxy) is 2. The monoisotopic (exact) mass is 512 g/mol. The van der Waals surface area contributed by atoms with Crippen LogP contribution < -0.4 is 20.5 Å². The zero-order chi connectivity index (χ0) is 19.3. The highest BCUT2D eigenvalue weighted by atomic mass is 127. The fraction of sp³-hybridized carbons (Fsp3) is 0.476. The minimum absolute atomic E-state index is 0. The van der Waals surface area contributed by atoms with E-state index in [0.29, 0.717) is 25.7 Å². The zero-order valence-electron chi connectivity index (χ0n) is 16.7. The van der Waals surface area contributed by atoms with E-state index in [1.165, 1.54) is 12.8 Å². The van der Waals surface area contributed by atoms with E-state index in [-0.39, 0.29) is 30.0 Å². The molecule has 3 heterocycles. The second kappa shape index (κ2) is 10.2. The van der Waals surface area contributed by atoms with Crippen LogP contribution in [0.1, 0.15) is 36.8 Å². The topological polar surface area (TPSA) is 85.2 Å². The van der Waals surface area contributed by atoms with Gasteiger partial charge in [-0.3, -0.25) is 9.89 Å². The number of nitrogens with two attached hydrogens (primary N) is 1. The third-order valence-corrected chi connectivity index (χ3v) is 5.13. The van der Waals surface area contributed by atoms with Crippen molar-refractivity contribution >= 4 is 35.6 Å². The first-order chi connectivity index (χ1) is 13.7. The highest BCUT2D eigenvalue weighted by Crippen LogP contribution is 2.32. The maximum Gasteiger partial charge on any atom is 0.193 e. The molecule has 1 aromatic carbocycles. The number of rotatable bonds is 5. The zero-order valence-corrected chi connectivity index (χ0v) is 19.1. The summed E-state index contributed by atoms with van der Waals surface area (Å²) in [6.45, 7) is 5.97. The quantitative estimate of drug-likeness (QED) is 0.359. The Morgan fingerprint density at radius 1 is 1.10 bits per heavy atom. The van der Waals surface area contributed by atoms with Crippen LogP contribution in [0.4, 0.5) is 5.69 Å². The van der Waals surface area contributed by atoms with Crippen LogP contribution in [0.5, 0.6) is 11.5 Å². The average molecular weight is 512 g/mol. The van der Waals surface area contributed by atoms with E-state index in [1.807, 2.05) is 37.3 Å². The molecular weight excluding hydrogens is 483 g/mol. The van der Waals surface area contributed by atoms with Crippen LogP contribution in [0.2, 0.25) is 0 Å². The lowest BCUT2D eigenvalue weighted by Crippen LogP contribution is -2.30. The number of hydrogen-bond donors (Lipinski definition) is 2. The van der Waals surface area contributed by atoms with Gasteiger partial charge in [-0.15, -0.1) is 24.0 Å². The van der Waals surface area contributed by atoms with Crippen molar-refractivity contribution in [2.45, 2.75) is 32.2 Å². The number of fused-ring (bicyclic) bond motifs is 1. The van der Waals surface area contributed by atoms with Gasteiger partial charge in [0.15, 0.2) is 17.5 Å². The highest BCUT2D eigenvalue weighted by molar-refractivity contribution is 14.0. The molecule has 0 spiro atoms. The maximum absolute atomic E-state index is 6.16. The Hall–Kier alpha value is -1.94. The Balaban J connectivity index is 0.00000240. The molecule has 1 aromatic heterocycles. The van der Waals surface area contributed by atoms with Crippen LogP contribution in [0.15, 0.2) is 39.7 Å². The first-order valence-corrected chi connectivity index (χ1v) is 9.96. The molecule has 0 bridgehead atoms. The summed E-state index contributed by atoms with van der Waals surface area (Å²) in [5, 5.41) is 3.16. The number of benzene rings is 1. The van der Waals surface area contributed by atoms with Crippen molar-refractivity contribution < 1.29 is 13.9 Å². The molecule has 0 radical (unpaired) electrons. The number of anilines is 1. The van der Waals surface area contributed by atoms with Crippen molar-refractivity contribution in [3.05, 3.63) is 41.9 Å². The summed E-state index contributed by atoms with van der Waals surface area (Å²) < 4.78 is 17.3. The Morgan fingerprint density at radius 3 is 2.59 bits per heavy atom. The Morgan fingerprint density at radius 2 is 1.86 bits per heavy atom. The van der Waals surface area contributed by atoms with Gasteiger partial charge >= 0.3 is 0 Å². The van der Waals surface area contributed by atoms with E-state index in [2.05, 4.69) is 15.2 Å². The summed E-state index contributed by atoms with van der Waals surface area (Å²) >= 11 is 0. The van der Waals surface area contributed by atoms with Crippen LogP contribution in [0.3, 0.4) is 0 Å². The smallest absolute Gasteiger partial charge is 0.193 e. The van der Waals surface area contributed by atoms with Gasteiger partial charge in [-0.05, 0) is 57.1 Å². The maximum atomic E-state index is 6.16. The minimum atomic E-state index is 0. The molecule has 4 rings (SSSR count). The number of aryl methyl sites for hydroxylation is 1. The number of nitrogens with one attached hydrogen (secondary N) is 1. The number of halogens is 1. The van der Waals surface area contributed by atoms with Crippen molar-refractivity contribution in [3.8, 4) is 11.5 Å². The van der Waals surface area contributed by atoms with E-state index in [0.717, 1.165) is 48.2 Å². The molecule has 3 N–H and O–H groups in total. The molecule has 1 saturated heterocycles. The number of likely N-dealkylation sites (tertiary alicyclic amines) is 1. The molecule has 0 aliphatic carbocycles. The molecule has 29 heavy (non-hydrogen) atoms. The molecule has 0 saturated carbocycles. The predicted octanol–water partition coefficient (Wildman–Crippen LogP) is 3.93. The summed E-state index contributed by atoms with van der Waals surface area (Å²) in [7, 11) is 0. The van der Waals surface area contributed by atoms with Gasteiger partial charge in [0.25, 0.3) is 0 Å². The lowest BCUT2D eigenvalue weighted by atomic mass is 10.2. The predicted molar refractivity (Wildman–Crippen MR) is 125 cm³/mol. The molecule has 2 aliphatic rings. The Bertz CT molecular complexity index is 833. The molecule has 8 heteroatoms. The minimum Gasteiger partial charge on any atom is -0.490 e. The summed E-state index contributed by atoms with van der Waals surface area (Å²) in [5.41, 5.74) is 6.99. The lowest BCUT2D eigenvalue weighted by molar-refractivity contribution is 0.219. The molecule has 7 nitrogen and oxygen atoms in total. The number of guanidine groups is 1. The third kappa shape index (κ3) is 5.57. The van der Waals surface area contributed by atoms with Crippen LogP contribution in [0, 0.1) is 6.92 Å². The van der Waals surface area contributed by atoms with Crippen molar-refractivity contribution in [2.75, 3.05) is 38.2 Å². The summed E-state index contributed by atoms with van der Waals surface area (Å²) in [5.74, 6) is 3.74. The molecule has 0 amide bonds. The molecule has 1 fully saturated rings. The van der Waals surface area contributed by atoms with Crippen molar-refractivity contribution in [1.82, 2.24) is 4.90 Å². The van der Waals surface area contributed by atoms with Gasteiger partial charge in [0.1, 0.15) is 11.5 Å². The first-order valence-electron chi connectivity index (χ1n) is 9.96. The SMILES string of the molecule is Cc1ccc(C(CN=C(N)Nc2ccc3c(c2)OCCCO3)N2CCCC2)o1.I. The molecule has 1 atom stereocenters. The highest BCUT2D eigenvalue weighted by Gasteiger charge is 2.25. The van der Waals surface area contributed by atoms with Gasteiger partial charge in [0, 0.05) is 18.2 Å². The largest absolute Gasteiger partial charge is 0.490 e. The standard InChI is InChI=1S/C21H28N4O3.HI/c1-15-5-7-18(28-15)17(25-9-2-3-10-25)14-23-21(22)24-16-6-8-19-20(13-16)27-12-4-11-26-19;/h5-8,13,17H,2-4,9-12,14H2,1H3,(H3,22,23,24);1H. The van der Waals surface area contributed by atoms with Gasteiger partial charge in [-0.25, -0.2) is 0 Å². The normalized spacial score (nSPS) is 18.0. The molecule has 2 aliphatic heterocycles. The summed E-state index contributed by atoms with van der Waals surface area (Å²) in [6.07, 6.45) is 3.31. The number of aliphatic imine (C=N–C) groups is 1. The number of nitrogens with zero attached hydrogens (tertiary/aromatic N) is 2. The second-order valence-electron chi connectivity index (χ2n) is 7.27. The summed E-state index contributed by atoms with van der Waals surface area (Å²) in [4.78, 5) is 7.01. The second-order valence-corrected chi connectivity index (χ2v) is 7.27. The van der Waals surface area contributed by atoms with Gasteiger partial charge in [0.05, 0.1) is 25.8 Å². The van der Waals surface area contributed by atoms with Gasteiger partial charge in [-0.1, -0.05) is 0 Å². The fourth-order valence-corrected chi connectivity index (χ4v) is 3.68.